The third kappa shape index (κ3) is 2.46. The van der Waals surface area contributed by atoms with E-state index in [1.165, 1.54) is 0 Å². The van der Waals surface area contributed by atoms with E-state index in [-0.39, 0.29) is 0 Å². The molecule has 29 heavy (non-hydrogen) atoms. The van der Waals surface area contributed by atoms with Gasteiger partial charge in [0, 0.05) is 41.3 Å². The Balaban J connectivity index is 1.53. The summed E-state index contributed by atoms with van der Waals surface area (Å²) in [5.41, 5.74) is 7.26. The van der Waals surface area contributed by atoms with Crippen LogP contribution in [0.4, 0.5) is 0 Å². The van der Waals surface area contributed by atoms with Crippen LogP contribution in [0.15, 0.2) is 66.0 Å². The first-order chi connectivity index (χ1) is 14.3. The number of nitrogens with zero attached hydrogens (tertiary/aromatic N) is 5. The van der Waals surface area contributed by atoms with Crippen molar-refractivity contribution >= 4 is 21.9 Å². The molecule has 6 aromatic rings. The number of nitrogens with one attached hydrogen (secondary N) is 2. The number of H-pyrrole nitrogens is 2. The van der Waals surface area contributed by atoms with Gasteiger partial charge < -0.3 is 9.40 Å². The van der Waals surface area contributed by atoms with E-state index in [4.69, 9.17) is 4.42 Å². The Hall–Kier alpha value is -4.20. The maximum absolute atomic E-state index is 5.25. The molecular formula is C21H15N7O. The summed E-state index contributed by atoms with van der Waals surface area (Å²) >= 11 is 0. The van der Waals surface area contributed by atoms with Crippen LogP contribution < -0.4 is 0 Å². The Morgan fingerprint density at radius 1 is 1.03 bits per heavy atom. The number of aromatic amines is 2. The third-order valence-corrected chi connectivity index (χ3v) is 5.07. The lowest BCUT2D eigenvalue weighted by Crippen LogP contribution is -1.85. The van der Waals surface area contributed by atoms with Crippen molar-refractivity contribution in [3.63, 3.8) is 0 Å². The zero-order valence-corrected chi connectivity index (χ0v) is 15.4. The van der Waals surface area contributed by atoms with Gasteiger partial charge in [-0.2, -0.15) is 10.2 Å². The average Bonchev–Trinajstić information content (AvgIpc) is 3.51. The highest BCUT2D eigenvalue weighted by molar-refractivity contribution is 6.00. The van der Waals surface area contributed by atoms with E-state index in [1.54, 1.807) is 35.8 Å². The van der Waals surface area contributed by atoms with E-state index >= 15 is 0 Å². The summed E-state index contributed by atoms with van der Waals surface area (Å²) in [4.78, 5) is 12.4. The van der Waals surface area contributed by atoms with Gasteiger partial charge >= 0.3 is 0 Å². The van der Waals surface area contributed by atoms with Crippen LogP contribution >= 0.6 is 0 Å². The first-order valence-corrected chi connectivity index (χ1v) is 9.10. The Morgan fingerprint density at radius 2 is 2.00 bits per heavy atom. The summed E-state index contributed by atoms with van der Waals surface area (Å²) < 4.78 is 7.01. The van der Waals surface area contributed by atoms with Gasteiger partial charge in [-0.05, 0) is 29.8 Å². The topological polar surface area (TPSA) is 101 Å². The zero-order chi connectivity index (χ0) is 19.4. The van der Waals surface area contributed by atoms with Gasteiger partial charge in [0.05, 0.1) is 41.8 Å². The van der Waals surface area contributed by atoms with Crippen molar-refractivity contribution in [2.75, 3.05) is 0 Å². The maximum atomic E-state index is 5.25. The fraction of sp³-hybridized carbons (Fsp3) is 0.0476. The molecule has 0 amide bonds. The lowest BCUT2D eigenvalue weighted by Gasteiger charge is -1.98. The van der Waals surface area contributed by atoms with E-state index in [1.807, 2.05) is 31.4 Å². The van der Waals surface area contributed by atoms with Gasteiger partial charge in [0.15, 0.2) is 0 Å². The number of hydrogen-bond acceptors (Lipinski definition) is 5. The molecule has 0 bridgehead atoms. The Bertz CT molecular complexity index is 1470. The fourth-order valence-electron chi connectivity index (χ4n) is 3.66. The third-order valence-electron chi connectivity index (χ3n) is 5.07. The molecule has 0 fully saturated rings. The van der Waals surface area contributed by atoms with Gasteiger partial charge in [-0.3, -0.25) is 14.8 Å². The molecule has 0 saturated carbocycles. The summed E-state index contributed by atoms with van der Waals surface area (Å²) in [5, 5.41) is 13.8. The summed E-state index contributed by atoms with van der Waals surface area (Å²) in [7, 11) is 1.89. The molecule has 0 radical (unpaired) electrons. The highest BCUT2D eigenvalue weighted by atomic mass is 16.3. The smallest absolute Gasteiger partial charge is 0.138 e. The second-order valence-electron chi connectivity index (χ2n) is 6.91. The van der Waals surface area contributed by atoms with E-state index in [2.05, 4.69) is 36.3 Å². The molecule has 0 unspecified atom stereocenters. The van der Waals surface area contributed by atoms with Crippen molar-refractivity contribution < 1.29 is 4.42 Å². The largest absolute Gasteiger partial charge is 0.472 e. The van der Waals surface area contributed by atoms with Crippen molar-refractivity contribution in [3.8, 4) is 33.8 Å². The van der Waals surface area contributed by atoms with Crippen LogP contribution in [-0.2, 0) is 7.05 Å². The molecule has 0 aliphatic carbocycles. The van der Waals surface area contributed by atoms with Gasteiger partial charge in [-0.25, -0.2) is 4.98 Å². The zero-order valence-electron chi connectivity index (χ0n) is 15.4. The molecule has 6 heterocycles. The average molecular weight is 381 g/mol. The molecule has 8 nitrogen and oxygen atoms in total. The van der Waals surface area contributed by atoms with E-state index in [0.717, 1.165) is 55.7 Å². The first-order valence-electron chi connectivity index (χ1n) is 9.10. The summed E-state index contributed by atoms with van der Waals surface area (Å²) in [5.74, 6) is 0. The van der Waals surface area contributed by atoms with E-state index in [9.17, 15) is 0 Å². The fourth-order valence-corrected chi connectivity index (χ4v) is 3.66. The molecular weight excluding hydrogens is 366 g/mol. The van der Waals surface area contributed by atoms with Crippen LogP contribution in [0.5, 0.6) is 0 Å². The highest BCUT2D eigenvalue weighted by Crippen LogP contribution is 2.34. The van der Waals surface area contributed by atoms with Crippen LogP contribution in [-0.4, -0.2) is 34.9 Å². The predicted molar refractivity (Wildman–Crippen MR) is 109 cm³/mol. The number of aryl methyl sites for hydroxylation is 1. The molecule has 0 aliphatic rings. The van der Waals surface area contributed by atoms with Crippen molar-refractivity contribution in [2.45, 2.75) is 0 Å². The molecule has 0 aliphatic heterocycles. The highest BCUT2D eigenvalue weighted by Gasteiger charge is 2.15. The molecule has 140 valence electrons. The van der Waals surface area contributed by atoms with Gasteiger partial charge in [0.25, 0.3) is 0 Å². The van der Waals surface area contributed by atoms with Crippen molar-refractivity contribution in [2.24, 2.45) is 7.05 Å². The molecule has 0 atom stereocenters. The molecule has 6 rings (SSSR count). The van der Waals surface area contributed by atoms with Crippen molar-refractivity contribution in [1.82, 2.24) is 34.9 Å². The lowest BCUT2D eigenvalue weighted by molar-refractivity contribution is 0.568. The molecule has 2 N–H and O–H groups in total. The second kappa shape index (κ2) is 5.90. The SMILES string of the molecule is Cn1cc(-c2cc3c(-c4cc5c(-c6ccoc6)ccnc5[nH]4)n[nH]c3cn2)cn1. The minimum atomic E-state index is 0.802. The van der Waals surface area contributed by atoms with Crippen LogP contribution in [0.3, 0.4) is 0 Å². The van der Waals surface area contributed by atoms with Crippen LogP contribution in [0, 0.1) is 0 Å². The first kappa shape index (κ1) is 15.8. The summed E-state index contributed by atoms with van der Waals surface area (Å²) in [6.07, 6.45) is 10.7. The number of hydrogen-bond donors (Lipinski definition) is 2. The van der Waals surface area contributed by atoms with Gasteiger partial charge in [-0.1, -0.05) is 0 Å². The summed E-state index contributed by atoms with van der Waals surface area (Å²) in [6, 6.07) is 8.03. The number of fused-ring (bicyclic) bond motifs is 2. The van der Waals surface area contributed by atoms with Gasteiger partial charge in [0.2, 0.25) is 0 Å². The monoisotopic (exact) mass is 381 g/mol. The number of furan rings is 1. The predicted octanol–water partition coefficient (Wildman–Crippen LogP) is 4.16. The standard InChI is InChI=1S/C21H15N7O/c1-28-10-13(8-24-28)17-7-16-19(9-23-17)26-27-20(16)18-6-15-14(12-3-5-29-11-12)2-4-22-21(15)25-18/h2-11H,1H3,(H,22,25)(H,26,27). The lowest BCUT2D eigenvalue weighted by atomic mass is 10.1. The van der Waals surface area contributed by atoms with Crippen LogP contribution in [0.1, 0.15) is 0 Å². The Kier molecular flexibility index (Phi) is 3.22. The van der Waals surface area contributed by atoms with Crippen molar-refractivity contribution in [3.05, 3.63) is 61.6 Å². The minimum Gasteiger partial charge on any atom is -0.472 e. The van der Waals surface area contributed by atoms with Crippen molar-refractivity contribution in [1.29, 1.82) is 0 Å². The maximum Gasteiger partial charge on any atom is 0.138 e. The van der Waals surface area contributed by atoms with Gasteiger partial charge in [-0.15, -0.1) is 0 Å². The normalized spacial score (nSPS) is 11.6. The van der Waals surface area contributed by atoms with Gasteiger partial charge in [0.1, 0.15) is 11.3 Å². The number of pyridine rings is 2. The Labute approximate surface area is 164 Å². The van der Waals surface area contributed by atoms with E-state index in [0.29, 0.717) is 0 Å². The molecule has 0 spiro atoms. The van der Waals surface area contributed by atoms with Crippen LogP contribution in [0.25, 0.3) is 55.7 Å². The van der Waals surface area contributed by atoms with E-state index < -0.39 is 0 Å². The molecule has 0 aromatic carbocycles. The van der Waals surface area contributed by atoms with Crippen LogP contribution in [0.2, 0.25) is 0 Å². The molecule has 0 saturated heterocycles. The quantitative estimate of drug-likeness (QED) is 0.479. The molecule has 6 aromatic heterocycles. The number of aromatic nitrogens is 7. The Morgan fingerprint density at radius 3 is 2.83 bits per heavy atom. The second-order valence-corrected chi connectivity index (χ2v) is 6.91. The number of rotatable bonds is 3. The molecule has 8 heteroatoms. The minimum absolute atomic E-state index is 0.802. The summed E-state index contributed by atoms with van der Waals surface area (Å²) in [6.45, 7) is 0.